The van der Waals surface area contributed by atoms with E-state index in [1.165, 1.54) is 65.5 Å². The van der Waals surface area contributed by atoms with Crippen LogP contribution < -0.4 is 0 Å². The van der Waals surface area contributed by atoms with Crippen LogP contribution >= 0.6 is 0 Å². The summed E-state index contributed by atoms with van der Waals surface area (Å²) in [6.07, 6.45) is 2.10. The fourth-order valence-corrected chi connectivity index (χ4v) is 7.55. The molecule has 10 rings (SSSR count). The molecule has 0 radical (unpaired) electrons. The van der Waals surface area contributed by atoms with Gasteiger partial charge in [0.15, 0.2) is 0 Å². The van der Waals surface area contributed by atoms with Gasteiger partial charge < -0.3 is 9.13 Å². The number of rotatable bonds is 2. The monoisotopic (exact) mass is 559 g/mol. The van der Waals surface area contributed by atoms with Crippen LogP contribution in [0.2, 0.25) is 0 Å². The highest BCUT2D eigenvalue weighted by Crippen LogP contribution is 2.45. The van der Waals surface area contributed by atoms with Gasteiger partial charge in [-0.05, 0) is 30.3 Å². The summed E-state index contributed by atoms with van der Waals surface area (Å²) in [5.41, 5.74) is 8.13. The van der Waals surface area contributed by atoms with Gasteiger partial charge in [0.2, 0.25) is 0 Å². The highest BCUT2D eigenvalue weighted by molar-refractivity contribution is 6.25. The molecule has 204 valence electrons. The van der Waals surface area contributed by atoms with Crippen molar-refractivity contribution >= 4 is 76.1 Å². The first-order valence-corrected chi connectivity index (χ1v) is 15.1. The zero-order valence-electron chi connectivity index (χ0n) is 23.8. The van der Waals surface area contributed by atoms with Crippen LogP contribution in [0.5, 0.6) is 0 Å². The van der Waals surface area contributed by atoms with Gasteiger partial charge in [-0.25, -0.2) is 0 Å². The van der Waals surface area contributed by atoms with Crippen LogP contribution in [0.25, 0.3) is 87.4 Å². The molecule has 0 fully saturated rings. The second kappa shape index (κ2) is 8.79. The van der Waals surface area contributed by atoms with Crippen LogP contribution in [0.15, 0.2) is 152 Å². The maximum atomic E-state index is 5.07. The van der Waals surface area contributed by atoms with Crippen molar-refractivity contribution in [1.82, 2.24) is 14.1 Å². The van der Waals surface area contributed by atoms with Gasteiger partial charge in [-0.1, -0.05) is 115 Å². The van der Waals surface area contributed by atoms with Crippen molar-refractivity contribution in [3.8, 4) is 11.4 Å². The molecule has 3 heterocycles. The number of hydrogen-bond acceptors (Lipinski definition) is 1. The van der Waals surface area contributed by atoms with E-state index >= 15 is 0 Å². The average molecular weight is 560 g/mol. The van der Waals surface area contributed by atoms with E-state index in [-0.39, 0.29) is 0 Å². The Morgan fingerprint density at radius 2 is 0.682 bits per heavy atom. The van der Waals surface area contributed by atoms with E-state index in [0.717, 1.165) is 22.0 Å². The maximum Gasteiger partial charge on any atom is 0.0709 e. The van der Waals surface area contributed by atoms with Crippen LogP contribution in [0.4, 0.5) is 0 Å². The van der Waals surface area contributed by atoms with E-state index in [9.17, 15) is 0 Å². The molecule has 0 saturated carbocycles. The maximum absolute atomic E-state index is 5.07. The molecule has 0 N–H and O–H groups in total. The molecule has 0 aliphatic heterocycles. The molecule has 10 aromatic rings. The molecule has 0 unspecified atom stereocenters. The minimum absolute atomic E-state index is 0.991. The molecule has 7 aromatic carbocycles. The Morgan fingerprint density at radius 1 is 0.318 bits per heavy atom. The summed E-state index contributed by atoms with van der Waals surface area (Å²) >= 11 is 0. The Hall–Kier alpha value is -5.93. The van der Waals surface area contributed by atoms with Crippen molar-refractivity contribution in [2.75, 3.05) is 0 Å². The van der Waals surface area contributed by atoms with Gasteiger partial charge in [-0.2, -0.15) is 0 Å². The topological polar surface area (TPSA) is 22.8 Å². The quantitative estimate of drug-likeness (QED) is 0.153. The van der Waals surface area contributed by atoms with Crippen LogP contribution in [0.3, 0.4) is 0 Å². The molecule has 0 saturated heterocycles. The van der Waals surface area contributed by atoms with E-state index in [0.29, 0.717) is 0 Å². The van der Waals surface area contributed by atoms with Crippen molar-refractivity contribution < 1.29 is 0 Å². The Bertz CT molecular complexity index is 2670. The Kier molecular flexibility index (Phi) is 4.72. The van der Waals surface area contributed by atoms with Crippen molar-refractivity contribution in [1.29, 1.82) is 0 Å². The number of hydrogen-bond donors (Lipinski definition) is 0. The zero-order chi connectivity index (χ0) is 28.8. The summed E-state index contributed by atoms with van der Waals surface area (Å²) in [7, 11) is 0. The lowest BCUT2D eigenvalue weighted by Gasteiger charge is -2.21. The van der Waals surface area contributed by atoms with Crippen molar-refractivity contribution in [3.63, 3.8) is 0 Å². The van der Waals surface area contributed by atoms with Gasteiger partial charge in [0.1, 0.15) is 0 Å². The minimum atomic E-state index is 0.991. The van der Waals surface area contributed by atoms with E-state index in [1.807, 2.05) is 0 Å². The van der Waals surface area contributed by atoms with Crippen LogP contribution in [0.1, 0.15) is 0 Å². The Balaban J connectivity index is 1.52. The number of nitrogens with zero attached hydrogens (tertiary/aromatic N) is 3. The summed E-state index contributed by atoms with van der Waals surface area (Å²) in [6.45, 7) is 0. The third-order valence-corrected chi connectivity index (χ3v) is 9.31. The first-order valence-electron chi connectivity index (χ1n) is 15.1. The van der Waals surface area contributed by atoms with E-state index in [4.69, 9.17) is 4.98 Å². The Labute approximate surface area is 252 Å². The summed E-state index contributed by atoms with van der Waals surface area (Å²) in [4.78, 5) is 5.07. The Morgan fingerprint density at radius 3 is 1.18 bits per heavy atom. The van der Waals surface area contributed by atoms with Gasteiger partial charge in [0.05, 0.1) is 39.0 Å². The lowest BCUT2D eigenvalue weighted by molar-refractivity contribution is 1.19. The molecule has 0 atom stereocenters. The van der Waals surface area contributed by atoms with Gasteiger partial charge in [-0.15, -0.1) is 0 Å². The number of benzene rings is 7. The summed E-state index contributed by atoms with van der Waals surface area (Å²) in [5, 5.41) is 10.9. The molecule has 3 heteroatoms. The normalized spacial score (nSPS) is 12.1. The van der Waals surface area contributed by atoms with E-state index in [2.05, 4.69) is 161 Å². The second-order valence-corrected chi connectivity index (χ2v) is 11.5. The van der Waals surface area contributed by atoms with Crippen molar-refractivity contribution in [3.05, 3.63) is 152 Å². The number of fused-ring (bicyclic) bond motifs is 10. The predicted molar refractivity (Wildman–Crippen MR) is 185 cm³/mol. The van der Waals surface area contributed by atoms with Crippen LogP contribution in [0, 0.1) is 0 Å². The largest absolute Gasteiger partial charge is 0.308 e. The first-order chi connectivity index (χ1) is 21.9. The molecule has 0 amide bonds. The average Bonchev–Trinajstić information content (AvgIpc) is 3.60. The molecule has 0 aliphatic rings. The van der Waals surface area contributed by atoms with Crippen molar-refractivity contribution in [2.45, 2.75) is 0 Å². The first kappa shape index (κ1) is 23.6. The predicted octanol–water partition coefficient (Wildman–Crippen LogP) is 10.7. The van der Waals surface area contributed by atoms with E-state index < -0.39 is 0 Å². The smallest absolute Gasteiger partial charge is 0.0709 e. The molecule has 44 heavy (non-hydrogen) atoms. The minimum Gasteiger partial charge on any atom is -0.308 e. The molecule has 3 nitrogen and oxygen atoms in total. The fourth-order valence-electron chi connectivity index (χ4n) is 7.55. The lowest BCUT2D eigenvalue weighted by atomic mass is 9.96. The fraction of sp³-hybridized carbons (Fsp3) is 0. The molecule has 0 aliphatic carbocycles. The van der Waals surface area contributed by atoms with Gasteiger partial charge in [0, 0.05) is 54.7 Å². The van der Waals surface area contributed by atoms with Crippen LogP contribution in [-0.2, 0) is 0 Å². The molecule has 3 aromatic heterocycles. The number of pyridine rings is 1. The molecule has 0 spiro atoms. The highest BCUT2D eigenvalue weighted by atomic mass is 15.0. The van der Waals surface area contributed by atoms with Gasteiger partial charge >= 0.3 is 0 Å². The second-order valence-electron chi connectivity index (χ2n) is 11.5. The molecule has 0 bridgehead atoms. The SMILES string of the molecule is c1ccc2c(c1)ncc1c(-n3c4ccccc4c4ccccc43)c3ccccc3c(-n3c4ccccc4c4ccccc43)c12. The third-order valence-electron chi connectivity index (χ3n) is 9.31. The third kappa shape index (κ3) is 3.03. The summed E-state index contributed by atoms with van der Waals surface area (Å²) < 4.78 is 4.94. The number of para-hydroxylation sites is 5. The number of aromatic nitrogens is 3. The lowest BCUT2D eigenvalue weighted by Crippen LogP contribution is -2.03. The standard InChI is InChI=1S/C41H25N3/c1-2-18-31-30(17-1)40(43-35-21-9-4-13-26(35)27-14-5-10-22-36(27)43)33-25-42-34-20-8-3-19-32(34)39(33)41(31)44-37-23-11-6-15-28(37)29-16-7-12-24-38(29)44/h1-25H. The van der Waals surface area contributed by atoms with E-state index in [1.54, 1.807) is 0 Å². The van der Waals surface area contributed by atoms with Crippen molar-refractivity contribution in [2.24, 2.45) is 0 Å². The summed E-state index contributed by atoms with van der Waals surface area (Å²) in [5.74, 6) is 0. The molecular formula is C41H25N3. The van der Waals surface area contributed by atoms with Gasteiger partial charge in [0.25, 0.3) is 0 Å². The van der Waals surface area contributed by atoms with Gasteiger partial charge in [-0.3, -0.25) is 4.98 Å². The summed E-state index contributed by atoms with van der Waals surface area (Å²) in [6, 6.07) is 52.5. The zero-order valence-corrected chi connectivity index (χ0v) is 23.8. The van der Waals surface area contributed by atoms with Crippen LogP contribution in [-0.4, -0.2) is 14.1 Å². The molecular weight excluding hydrogens is 534 g/mol. The highest BCUT2D eigenvalue weighted by Gasteiger charge is 2.24.